The molecule has 1 heterocycles. The van der Waals surface area contributed by atoms with Crippen LogP contribution in [0.1, 0.15) is 58.9 Å². The normalized spacial score (nSPS) is 17.6. The van der Waals surface area contributed by atoms with E-state index in [0.29, 0.717) is 0 Å². The Morgan fingerprint density at radius 1 is 1.25 bits per heavy atom. The van der Waals surface area contributed by atoms with Crippen LogP contribution in [0.2, 0.25) is 0 Å². The van der Waals surface area contributed by atoms with Crippen molar-refractivity contribution in [2.45, 2.75) is 70.9 Å². The molecular weight excluding hydrogens is 298 g/mol. The van der Waals surface area contributed by atoms with E-state index in [4.69, 9.17) is 5.73 Å². The van der Waals surface area contributed by atoms with Crippen molar-refractivity contribution in [3.63, 3.8) is 0 Å². The molecule has 0 aromatic heterocycles. The number of amides is 1. The zero-order valence-electron chi connectivity index (χ0n) is 15.6. The number of hydrogen-bond donors (Lipinski definition) is 2. The monoisotopic (exact) mass is 331 g/mol. The summed E-state index contributed by atoms with van der Waals surface area (Å²) in [5.74, 6) is 0.00447. The Morgan fingerprint density at radius 2 is 1.83 bits per heavy atom. The molecule has 1 aromatic rings. The molecule has 134 valence electrons. The largest absolute Gasteiger partial charge is 0.371 e. The molecule has 1 fully saturated rings. The molecule has 0 saturated carbocycles. The van der Waals surface area contributed by atoms with Gasteiger partial charge in [-0.2, -0.15) is 0 Å². The molecule has 1 amide bonds. The summed E-state index contributed by atoms with van der Waals surface area (Å²) < 4.78 is 0. The molecule has 1 saturated heterocycles. The van der Waals surface area contributed by atoms with Crippen LogP contribution < -0.4 is 16.0 Å². The van der Waals surface area contributed by atoms with Crippen molar-refractivity contribution >= 4 is 11.6 Å². The van der Waals surface area contributed by atoms with Gasteiger partial charge in [0, 0.05) is 24.8 Å². The summed E-state index contributed by atoms with van der Waals surface area (Å²) in [6.07, 6.45) is 3.65. The van der Waals surface area contributed by atoms with Gasteiger partial charge in [-0.15, -0.1) is 0 Å². The maximum absolute atomic E-state index is 12.0. The zero-order valence-corrected chi connectivity index (χ0v) is 15.6. The van der Waals surface area contributed by atoms with Crippen LogP contribution >= 0.6 is 0 Å². The number of anilines is 1. The fraction of sp³-hybridized carbons (Fsp3) is 0.650. The van der Waals surface area contributed by atoms with Crippen LogP contribution in [0.3, 0.4) is 0 Å². The van der Waals surface area contributed by atoms with Gasteiger partial charge in [-0.3, -0.25) is 4.79 Å². The Kier molecular flexibility index (Phi) is 6.27. The van der Waals surface area contributed by atoms with Gasteiger partial charge in [-0.1, -0.05) is 46.2 Å². The highest BCUT2D eigenvalue weighted by Gasteiger charge is 2.23. The van der Waals surface area contributed by atoms with Gasteiger partial charge in [0.05, 0.1) is 6.04 Å². The first-order valence-electron chi connectivity index (χ1n) is 9.22. The van der Waals surface area contributed by atoms with Crippen molar-refractivity contribution in [2.75, 3.05) is 18.0 Å². The highest BCUT2D eigenvalue weighted by Crippen LogP contribution is 2.26. The number of rotatable bonds is 5. The summed E-state index contributed by atoms with van der Waals surface area (Å²) in [5.41, 5.74) is 8.71. The van der Waals surface area contributed by atoms with Crippen LogP contribution in [-0.4, -0.2) is 31.1 Å². The summed E-state index contributed by atoms with van der Waals surface area (Å²) in [4.78, 5) is 14.4. The average Bonchev–Trinajstić information content (AvgIpc) is 2.55. The Morgan fingerprint density at radius 3 is 2.33 bits per heavy atom. The number of nitrogens with two attached hydrogens (primary N) is 1. The van der Waals surface area contributed by atoms with E-state index in [1.165, 1.54) is 11.3 Å². The quantitative estimate of drug-likeness (QED) is 0.871. The van der Waals surface area contributed by atoms with E-state index in [-0.39, 0.29) is 23.4 Å². The predicted octanol–water partition coefficient (Wildman–Crippen LogP) is 3.20. The molecule has 0 aliphatic carbocycles. The Bertz CT molecular complexity index is 525. The van der Waals surface area contributed by atoms with Crippen molar-refractivity contribution < 1.29 is 4.79 Å². The number of benzene rings is 1. The smallest absolute Gasteiger partial charge is 0.237 e. The molecule has 1 aliphatic heterocycles. The number of hydrogen-bond acceptors (Lipinski definition) is 3. The van der Waals surface area contributed by atoms with Crippen molar-refractivity contribution in [1.82, 2.24) is 5.32 Å². The van der Waals surface area contributed by atoms with E-state index >= 15 is 0 Å². The summed E-state index contributed by atoms with van der Waals surface area (Å²) in [6.45, 7) is 10.7. The van der Waals surface area contributed by atoms with Crippen molar-refractivity contribution in [3.05, 3.63) is 29.8 Å². The Hall–Kier alpha value is -1.55. The van der Waals surface area contributed by atoms with E-state index in [1.54, 1.807) is 0 Å². The zero-order chi connectivity index (χ0) is 17.7. The Balaban J connectivity index is 1.85. The molecular formula is C20H33N3O. The first kappa shape index (κ1) is 18.8. The third-order valence-corrected chi connectivity index (χ3v) is 4.88. The molecule has 1 aliphatic rings. The lowest BCUT2D eigenvalue weighted by Gasteiger charge is -2.34. The lowest BCUT2D eigenvalue weighted by Crippen LogP contribution is -2.49. The molecule has 3 N–H and O–H groups in total. The fourth-order valence-corrected chi connectivity index (χ4v) is 3.20. The summed E-state index contributed by atoms with van der Waals surface area (Å²) in [5, 5.41) is 3.11. The molecule has 1 atom stereocenters. The molecule has 0 spiro atoms. The second-order valence-electron chi connectivity index (χ2n) is 7.96. The van der Waals surface area contributed by atoms with Gasteiger partial charge in [0.1, 0.15) is 0 Å². The lowest BCUT2D eigenvalue weighted by molar-refractivity contribution is -0.123. The number of carbonyl (C=O) groups is 1. The minimum absolute atomic E-state index is 0.00447. The maximum Gasteiger partial charge on any atom is 0.237 e. The number of nitrogens with one attached hydrogen (secondary N) is 1. The van der Waals surface area contributed by atoms with Gasteiger partial charge in [0.25, 0.3) is 0 Å². The summed E-state index contributed by atoms with van der Waals surface area (Å²) in [7, 11) is 0. The van der Waals surface area contributed by atoms with Gasteiger partial charge >= 0.3 is 0 Å². The molecule has 2 rings (SSSR count). The van der Waals surface area contributed by atoms with Crippen molar-refractivity contribution in [1.29, 1.82) is 0 Å². The topological polar surface area (TPSA) is 58.4 Å². The van der Waals surface area contributed by atoms with Gasteiger partial charge in [-0.05, 0) is 42.4 Å². The second kappa shape index (κ2) is 8.02. The molecule has 24 heavy (non-hydrogen) atoms. The molecule has 4 nitrogen and oxygen atoms in total. The minimum atomic E-state index is -0.363. The average molecular weight is 332 g/mol. The van der Waals surface area contributed by atoms with Gasteiger partial charge in [-0.25, -0.2) is 0 Å². The third-order valence-electron chi connectivity index (χ3n) is 4.88. The van der Waals surface area contributed by atoms with Crippen LogP contribution in [0.5, 0.6) is 0 Å². The first-order valence-corrected chi connectivity index (χ1v) is 9.22. The number of carbonyl (C=O) groups excluding carboxylic acids is 1. The van der Waals surface area contributed by atoms with E-state index in [1.807, 2.05) is 0 Å². The predicted molar refractivity (Wildman–Crippen MR) is 101 cm³/mol. The minimum Gasteiger partial charge on any atom is -0.371 e. The summed E-state index contributed by atoms with van der Waals surface area (Å²) in [6, 6.07) is 8.79. The number of piperidine rings is 1. The lowest BCUT2D eigenvalue weighted by atomic mass is 9.87. The SMILES string of the molecule is CCCC(N)C(=O)NC1CCN(c2ccc(C(C)(C)C)cc2)CC1. The van der Waals surface area contributed by atoms with Crippen LogP contribution in [0.25, 0.3) is 0 Å². The fourth-order valence-electron chi connectivity index (χ4n) is 3.20. The van der Waals surface area contributed by atoms with Crippen LogP contribution in [0.15, 0.2) is 24.3 Å². The first-order chi connectivity index (χ1) is 11.3. The highest BCUT2D eigenvalue weighted by molar-refractivity contribution is 5.81. The highest BCUT2D eigenvalue weighted by atomic mass is 16.2. The van der Waals surface area contributed by atoms with E-state index in [0.717, 1.165) is 38.8 Å². The van der Waals surface area contributed by atoms with Gasteiger partial charge in [0.15, 0.2) is 0 Å². The number of nitrogens with zero attached hydrogens (tertiary/aromatic N) is 1. The van der Waals surface area contributed by atoms with Gasteiger partial charge in [0.2, 0.25) is 5.91 Å². The third kappa shape index (κ3) is 4.97. The molecule has 0 bridgehead atoms. The van der Waals surface area contributed by atoms with Crippen LogP contribution in [-0.2, 0) is 10.2 Å². The molecule has 1 unspecified atom stereocenters. The molecule has 1 aromatic carbocycles. The Labute approximate surface area is 146 Å². The molecule has 4 heteroatoms. The van der Waals surface area contributed by atoms with Crippen molar-refractivity contribution in [3.8, 4) is 0 Å². The van der Waals surface area contributed by atoms with Crippen LogP contribution in [0, 0.1) is 0 Å². The van der Waals surface area contributed by atoms with Crippen LogP contribution in [0.4, 0.5) is 5.69 Å². The second-order valence-corrected chi connectivity index (χ2v) is 7.96. The van der Waals surface area contributed by atoms with E-state index in [9.17, 15) is 4.79 Å². The summed E-state index contributed by atoms with van der Waals surface area (Å²) >= 11 is 0. The van der Waals surface area contributed by atoms with E-state index < -0.39 is 0 Å². The maximum atomic E-state index is 12.0. The standard InChI is InChI=1S/C20H33N3O/c1-5-6-18(21)19(24)22-16-11-13-23(14-12-16)17-9-7-15(8-10-17)20(2,3)4/h7-10,16,18H,5-6,11-14,21H2,1-4H3,(H,22,24). The van der Waals surface area contributed by atoms with Crippen molar-refractivity contribution in [2.24, 2.45) is 5.73 Å². The molecule has 0 radical (unpaired) electrons. The van der Waals surface area contributed by atoms with Gasteiger partial charge < -0.3 is 16.0 Å². The van der Waals surface area contributed by atoms with E-state index in [2.05, 4.69) is 62.2 Å².